The van der Waals surface area contributed by atoms with Crippen LogP contribution < -0.4 is 10.1 Å². The number of ether oxygens (including phenoxy) is 1. The third-order valence-electron chi connectivity index (χ3n) is 3.17. The zero-order valence-corrected chi connectivity index (χ0v) is 10.6. The molecule has 1 aliphatic rings. The van der Waals surface area contributed by atoms with E-state index < -0.39 is 0 Å². The van der Waals surface area contributed by atoms with E-state index >= 15 is 0 Å². The molecule has 2 nitrogen and oxygen atoms in total. The zero-order valence-electron chi connectivity index (χ0n) is 10.6. The Morgan fingerprint density at radius 1 is 1.05 bits per heavy atom. The summed E-state index contributed by atoms with van der Waals surface area (Å²) in [5.74, 6) is 1.22. The van der Waals surface area contributed by atoms with Crippen molar-refractivity contribution in [3.05, 3.63) is 59.9 Å². The average Bonchev–Trinajstić information content (AvgIpc) is 3.25. The fraction of sp³-hybridized carbons (Fsp3) is 0.250. The molecule has 0 atom stereocenters. The van der Waals surface area contributed by atoms with Crippen LogP contribution in [0, 0.1) is 5.82 Å². The lowest BCUT2D eigenvalue weighted by molar-refractivity contribution is 0.470. The number of hydrogen-bond donors (Lipinski definition) is 1. The van der Waals surface area contributed by atoms with Crippen molar-refractivity contribution in [1.29, 1.82) is 0 Å². The minimum absolute atomic E-state index is 0.254. The smallest absolute Gasteiger partial charge is 0.131 e. The van der Waals surface area contributed by atoms with Crippen molar-refractivity contribution in [1.82, 2.24) is 5.32 Å². The Hall–Kier alpha value is -1.87. The Labute approximate surface area is 112 Å². The number of rotatable bonds is 5. The first-order chi connectivity index (χ1) is 9.31. The molecule has 2 aromatic rings. The Bertz CT molecular complexity index is 549. The Balaban J connectivity index is 1.73. The topological polar surface area (TPSA) is 21.3 Å². The molecule has 0 amide bonds. The van der Waals surface area contributed by atoms with E-state index in [1.165, 1.54) is 25.0 Å². The van der Waals surface area contributed by atoms with E-state index in [1.807, 2.05) is 24.3 Å². The van der Waals surface area contributed by atoms with E-state index in [2.05, 4.69) is 5.32 Å². The second kappa shape index (κ2) is 5.41. The molecule has 1 fully saturated rings. The summed E-state index contributed by atoms with van der Waals surface area (Å²) in [7, 11) is 0. The SMILES string of the molecule is Fc1ccc(Oc2ccccc2CNC2CC2)cc1. The highest BCUT2D eigenvalue weighted by Gasteiger charge is 2.20. The number of nitrogens with one attached hydrogen (secondary N) is 1. The summed E-state index contributed by atoms with van der Waals surface area (Å²) in [6, 6.07) is 14.7. The van der Waals surface area contributed by atoms with Crippen LogP contribution in [0.3, 0.4) is 0 Å². The number of hydrogen-bond acceptors (Lipinski definition) is 2. The van der Waals surface area contributed by atoms with E-state index in [0.717, 1.165) is 17.9 Å². The van der Waals surface area contributed by atoms with Crippen LogP contribution >= 0.6 is 0 Å². The summed E-state index contributed by atoms with van der Waals surface area (Å²) < 4.78 is 18.7. The standard InChI is InChI=1S/C16H16FNO/c17-13-5-9-15(10-6-13)19-16-4-2-1-3-12(16)11-18-14-7-8-14/h1-6,9-10,14,18H,7-8,11H2. The van der Waals surface area contributed by atoms with E-state index in [4.69, 9.17) is 4.74 Å². The van der Waals surface area contributed by atoms with Gasteiger partial charge in [-0.2, -0.15) is 0 Å². The summed E-state index contributed by atoms with van der Waals surface area (Å²) in [5.41, 5.74) is 1.12. The number of halogens is 1. The molecule has 0 spiro atoms. The molecule has 98 valence electrons. The van der Waals surface area contributed by atoms with Crippen molar-refractivity contribution < 1.29 is 9.13 Å². The highest BCUT2D eigenvalue weighted by molar-refractivity contribution is 5.37. The lowest BCUT2D eigenvalue weighted by atomic mass is 10.2. The molecule has 1 saturated carbocycles. The summed E-state index contributed by atoms with van der Waals surface area (Å²) in [6.07, 6.45) is 2.53. The van der Waals surface area contributed by atoms with Gasteiger partial charge in [-0.25, -0.2) is 4.39 Å². The predicted octanol–water partition coefficient (Wildman–Crippen LogP) is 3.87. The third-order valence-corrected chi connectivity index (χ3v) is 3.17. The molecule has 2 aromatic carbocycles. The fourth-order valence-corrected chi connectivity index (χ4v) is 1.92. The number of benzene rings is 2. The van der Waals surface area contributed by atoms with Crippen molar-refractivity contribution in [2.24, 2.45) is 0 Å². The quantitative estimate of drug-likeness (QED) is 0.878. The summed E-state index contributed by atoms with van der Waals surface area (Å²) in [5, 5.41) is 3.47. The average molecular weight is 257 g/mol. The normalized spacial score (nSPS) is 14.4. The minimum Gasteiger partial charge on any atom is -0.457 e. The van der Waals surface area contributed by atoms with Gasteiger partial charge in [0.1, 0.15) is 17.3 Å². The van der Waals surface area contributed by atoms with Gasteiger partial charge in [-0.15, -0.1) is 0 Å². The molecule has 19 heavy (non-hydrogen) atoms. The minimum atomic E-state index is -0.254. The lowest BCUT2D eigenvalue weighted by Crippen LogP contribution is -2.15. The lowest BCUT2D eigenvalue weighted by Gasteiger charge is -2.11. The first-order valence-electron chi connectivity index (χ1n) is 6.56. The van der Waals surface area contributed by atoms with E-state index in [-0.39, 0.29) is 5.82 Å². The van der Waals surface area contributed by atoms with Crippen LogP contribution in [0.25, 0.3) is 0 Å². The first kappa shape index (κ1) is 12.2. The highest BCUT2D eigenvalue weighted by atomic mass is 19.1. The van der Waals surface area contributed by atoms with Crippen LogP contribution in [0.15, 0.2) is 48.5 Å². The second-order valence-electron chi connectivity index (χ2n) is 4.82. The summed E-state index contributed by atoms with van der Waals surface area (Å²) in [4.78, 5) is 0. The van der Waals surface area contributed by atoms with Crippen molar-refractivity contribution in [3.8, 4) is 11.5 Å². The zero-order chi connectivity index (χ0) is 13.1. The van der Waals surface area contributed by atoms with Crippen molar-refractivity contribution >= 4 is 0 Å². The van der Waals surface area contributed by atoms with Gasteiger partial charge in [0.15, 0.2) is 0 Å². The Morgan fingerprint density at radius 2 is 1.79 bits per heavy atom. The molecule has 1 aliphatic carbocycles. The molecule has 3 rings (SSSR count). The monoisotopic (exact) mass is 257 g/mol. The van der Waals surface area contributed by atoms with Gasteiger partial charge in [0.05, 0.1) is 0 Å². The van der Waals surface area contributed by atoms with Crippen LogP contribution in [-0.2, 0) is 6.54 Å². The molecule has 0 unspecified atom stereocenters. The van der Waals surface area contributed by atoms with Gasteiger partial charge in [0, 0.05) is 18.2 Å². The molecule has 0 saturated heterocycles. The van der Waals surface area contributed by atoms with Crippen molar-refractivity contribution in [2.45, 2.75) is 25.4 Å². The van der Waals surface area contributed by atoms with Gasteiger partial charge in [-0.3, -0.25) is 0 Å². The molecule has 0 radical (unpaired) electrons. The largest absolute Gasteiger partial charge is 0.457 e. The maximum atomic E-state index is 12.9. The van der Waals surface area contributed by atoms with Crippen LogP contribution in [0.2, 0.25) is 0 Å². The molecular formula is C16H16FNO. The van der Waals surface area contributed by atoms with E-state index in [0.29, 0.717) is 11.8 Å². The van der Waals surface area contributed by atoms with Gasteiger partial charge in [0.25, 0.3) is 0 Å². The van der Waals surface area contributed by atoms with E-state index in [1.54, 1.807) is 12.1 Å². The fourth-order valence-electron chi connectivity index (χ4n) is 1.92. The van der Waals surface area contributed by atoms with Crippen molar-refractivity contribution in [3.63, 3.8) is 0 Å². The van der Waals surface area contributed by atoms with Crippen molar-refractivity contribution in [2.75, 3.05) is 0 Å². The maximum Gasteiger partial charge on any atom is 0.131 e. The van der Waals surface area contributed by atoms with E-state index in [9.17, 15) is 4.39 Å². The molecule has 3 heteroatoms. The highest BCUT2D eigenvalue weighted by Crippen LogP contribution is 2.26. The van der Waals surface area contributed by atoms with Gasteiger partial charge < -0.3 is 10.1 Å². The number of para-hydroxylation sites is 1. The van der Waals surface area contributed by atoms with Gasteiger partial charge in [0.2, 0.25) is 0 Å². The maximum absolute atomic E-state index is 12.9. The summed E-state index contributed by atoms with van der Waals surface area (Å²) >= 11 is 0. The van der Waals surface area contributed by atoms with Crippen LogP contribution in [0.5, 0.6) is 11.5 Å². The molecular weight excluding hydrogens is 241 g/mol. The van der Waals surface area contributed by atoms with Gasteiger partial charge >= 0.3 is 0 Å². The molecule has 0 aliphatic heterocycles. The predicted molar refractivity (Wildman–Crippen MR) is 72.8 cm³/mol. The Kier molecular flexibility index (Phi) is 3.47. The molecule has 0 aromatic heterocycles. The van der Waals surface area contributed by atoms with Crippen LogP contribution in [-0.4, -0.2) is 6.04 Å². The van der Waals surface area contributed by atoms with Gasteiger partial charge in [-0.1, -0.05) is 18.2 Å². The van der Waals surface area contributed by atoms with Crippen LogP contribution in [0.1, 0.15) is 18.4 Å². The first-order valence-corrected chi connectivity index (χ1v) is 6.56. The Morgan fingerprint density at radius 3 is 2.53 bits per heavy atom. The summed E-state index contributed by atoms with van der Waals surface area (Å²) in [6.45, 7) is 0.808. The molecule has 1 N–H and O–H groups in total. The van der Waals surface area contributed by atoms with Crippen LogP contribution in [0.4, 0.5) is 4.39 Å². The van der Waals surface area contributed by atoms with Gasteiger partial charge in [-0.05, 0) is 43.2 Å². The molecule has 0 bridgehead atoms. The molecule has 0 heterocycles. The second-order valence-corrected chi connectivity index (χ2v) is 4.82. The third kappa shape index (κ3) is 3.32.